The molecule has 0 amide bonds. The van der Waals surface area contributed by atoms with E-state index in [-0.39, 0.29) is 6.04 Å². The van der Waals surface area contributed by atoms with Gasteiger partial charge in [-0.1, -0.05) is 24.6 Å². The van der Waals surface area contributed by atoms with Crippen LogP contribution in [0.1, 0.15) is 24.1 Å². The van der Waals surface area contributed by atoms with Crippen LogP contribution in [0.15, 0.2) is 35.5 Å². The molecule has 2 aromatic rings. The molecule has 1 atom stereocenters. The van der Waals surface area contributed by atoms with Crippen molar-refractivity contribution in [2.75, 3.05) is 19.4 Å². The van der Waals surface area contributed by atoms with Crippen LogP contribution in [-0.4, -0.2) is 29.2 Å². The van der Waals surface area contributed by atoms with E-state index in [0.29, 0.717) is 0 Å². The van der Waals surface area contributed by atoms with Crippen molar-refractivity contribution in [2.45, 2.75) is 24.8 Å². The van der Waals surface area contributed by atoms with Crippen molar-refractivity contribution in [3.05, 3.63) is 41.7 Å². The van der Waals surface area contributed by atoms with E-state index >= 15 is 0 Å². The Hall–Kier alpha value is -1.46. The van der Waals surface area contributed by atoms with Gasteiger partial charge in [0.2, 0.25) is 0 Å². The first-order valence-electron chi connectivity index (χ1n) is 7.13. The third-order valence-electron chi connectivity index (χ3n) is 3.31. The average molecular weight is 305 g/mol. The maximum Gasteiger partial charge on any atom is 0.123 e. The Bertz CT molecular complexity index is 583. The number of nitrogens with one attached hydrogen (secondary N) is 1. The summed E-state index contributed by atoms with van der Waals surface area (Å²) in [6.07, 6.45) is 3.95. The lowest BCUT2D eigenvalue weighted by atomic mass is 10.0. The smallest absolute Gasteiger partial charge is 0.123 e. The Morgan fingerprint density at radius 1 is 1.43 bits per heavy atom. The maximum absolute atomic E-state index is 5.52. The van der Waals surface area contributed by atoms with E-state index in [1.54, 1.807) is 7.11 Å². The minimum absolute atomic E-state index is 0.259. The Morgan fingerprint density at radius 3 is 2.86 bits per heavy atom. The number of nitrogens with zero attached hydrogens (tertiary/aromatic N) is 2. The number of rotatable bonds is 7. The second kappa shape index (κ2) is 7.52. The van der Waals surface area contributed by atoms with Gasteiger partial charge in [0.25, 0.3) is 0 Å². The summed E-state index contributed by atoms with van der Waals surface area (Å²) in [6.45, 7) is 5.17. The highest BCUT2D eigenvalue weighted by Crippen LogP contribution is 2.30. The summed E-state index contributed by atoms with van der Waals surface area (Å²) in [6, 6.07) is 6.59. The molecule has 114 valence electrons. The SMILES string of the molecule is CCNC(CSc1cnn(C)c1)c1cc(C)ccc1OC. The van der Waals surface area contributed by atoms with Crippen molar-refractivity contribution in [1.29, 1.82) is 0 Å². The van der Waals surface area contributed by atoms with E-state index in [4.69, 9.17) is 4.74 Å². The van der Waals surface area contributed by atoms with Gasteiger partial charge in [0.15, 0.2) is 0 Å². The quantitative estimate of drug-likeness (QED) is 0.798. The first-order chi connectivity index (χ1) is 10.1. The van der Waals surface area contributed by atoms with Crippen LogP contribution in [0.2, 0.25) is 0 Å². The molecule has 1 heterocycles. The predicted octanol–water partition coefficient (Wildman–Crippen LogP) is 3.18. The number of benzene rings is 1. The molecule has 4 nitrogen and oxygen atoms in total. The number of methoxy groups -OCH3 is 1. The fourth-order valence-corrected chi connectivity index (χ4v) is 3.29. The highest BCUT2D eigenvalue weighted by molar-refractivity contribution is 7.99. The minimum atomic E-state index is 0.259. The average Bonchev–Trinajstić information content (AvgIpc) is 2.89. The Labute approximate surface area is 130 Å². The van der Waals surface area contributed by atoms with Crippen molar-refractivity contribution >= 4 is 11.8 Å². The number of thioether (sulfide) groups is 1. The van der Waals surface area contributed by atoms with Crippen LogP contribution in [0.4, 0.5) is 0 Å². The number of hydrogen-bond donors (Lipinski definition) is 1. The summed E-state index contributed by atoms with van der Waals surface area (Å²) in [5.41, 5.74) is 2.47. The summed E-state index contributed by atoms with van der Waals surface area (Å²) in [5.74, 6) is 1.89. The van der Waals surface area contributed by atoms with Gasteiger partial charge in [-0.15, -0.1) is 11.8 Å². The van der Waals surface area contributed by atoms with E-state index in [2.05, 4.69) is 36.4 Å². The molecule has 2 rings (SSSR count). The molecule has 0 saturated carbocycles. The van der Waals surface area contributed by atoms with Crippen LogP contribution in [-0.2, 0) is 7.05 Å². The normalized spacial score (nSPS) is 12.4. The second-order valence-corrected chi connectivity index (χ2v) is 6.11. The highest BCUT2D eigenvalue weighted by Gasteiger charge is 2.16. The molecular formula is C16H23N3OS. The number of aryl methyl sites for hydroxylation is 2. The maximum atomic E-state index is 5.52. The highest BCUT2D eigenvalue weighted by atomic mass is 32.2. The minimum Gasteiger partial charge on any atom is -0.496 e. The van der Waals surface area contributed by atoms with Crippen LogP contribution in [0, 0.1) is 6.92 Å². The molecule has 1 unspecified atom stereocenters. The van der Waals surface area contributed by atoms with Gasteiger partial charge in [0, 0.05) is 35.5 Å². The fourth-order valence-electron chi connectivity index (χ4n) is 2.28. The molecular weight excluding hydrogens is 282 g/mol. The number of aromatic nitrogens is 2. The van der Waals surface area contributed by atoms with E-state index in [9.17, 15) is 0 Å². The van der Waals surface area contributed by atoms with Gasteiger partial charge in [-0.3, -0.25) is 4.68 Å². The van der Waals surface area contributed by atoms with E-state index < -0.39 is 0 Å². The van der Waals surface area contributed by atoms with Gasteiger partial charge < -0.3 is 10.1 Å². The summed E-state index contributed by atoms with van der Waals surface area (Å²) in [7, 11) is 3.67. The molecule has 0 aliphatic heterocycles. The molecule has 0 radical (unpaired) electrons. The van der Waals surface area contributed by atoms with Gasteiger partial charge in [0.05, 0.1) is 13.3 Å². The van der Waals surface area contributed by atoms with Crippen LogP contribution in [0.3, 0.4) is 0 Å². The molecule has 0 aliphatic carbocycles. The first-order valence-corrected chi connectivity index (χ1v) is 8.12. The van der Waals surface area contributed by atoms with Crippen molar-refractivity contribution in [3.63, 3.8) is 0 Å². The van der Waals surface area contributed by atoms with E-state index in [1.165, 1.54) is 16.0 Å². The molecule has 0 fully saturated rings. The zero-order chi connectivity index (χ0) is 15.2. The Kier molecular flexibility index (Phi) is 5.70. The zero-order valence-corrected chi connectivity index (χ0v) is 13.9. The van der Waals surface area contributed by atoms with Gasteiger partial charge in [-0.25, -0.2) is 0 Å². The van der Waals surface area contributed by atoms with Crippen LogP contribution < -0.4 is 10.1 Å². The predicted molar refractivity (Wildman–Crippen MR) is 88.1 cm³/mol. The second-order valence-electron chi connectivity index (χ2n) is 5.02. The van der Waals surface area contributed by atoms with Crippen molar-refractivity contribution in [3.8, 4) is 5.75 Å². The van der Waals surface area contributed by atoms with Gasteiger partial charge in [-0.05, 0) is 19.5 Å². The van der Waals surface area contributed by atoms with Crippen molar-refractivity contribution in [2.24, 2.45) is 7.05 Å². The van der Waals surface area contributed by atoms with Crippen LogP contribution in [0.5, 0.6) is 5.75 Å². The lowest BCUT2D eigenvalue weighted by Crippen LogP contribution is -2.23. The molecule has 1 aromatic heterocycles. The molecule has 21 heavy (non-hydrogen) atoms. The lowest BCUT2D eigenvalue weighted by Gasteiger charge is -2.20. The molecule has 0 bridgehead atoms. The summed E-state index contributed by atoms with van der Waals surface area (Å²) in [4.78, 5) is 1.19. The third kappa shape index (κ3) is 4.25. The molecule has 1 aromatic carbocycles. The molecule has 0 saturated heterocycles. The lowest BCUT2D eigenvalue weighted by molar-refractivity contribution is 0.403. The van der Waals surface area contributed by atoms with E-state index in [1.807, 2.05) is 42.0 Å². The van der Waals surface area contributed by atoms with E-state index in [0.717, 1.165) is 18.0 Å². The Balaban J connectivity index is 2.16. The monoisotopic (exact) mass is 305 g/mol. The largest absolute Gasteiger partial charge is 0.496 e. The Morgan fingerprint density at radius 2 is 2.24 bits per heavy atom. The third-order valence-corrected chi connectivity index (χ3v) is 4.35. The molecule has 0 spiro atoms. The standard InChI is InChI=1S/C16H23N3OS/c1-5-17-15(11-21-13-9-18-19(3)10-13)14-8-12(2)6-7-16(14)20-4/h6-10,15,17H,5,11H2,1-4H3. The fraction of sp³-hybridized carbons (Fsp3) is 0.438. The van der Waals surface area contributed by atoms with Gasteiger partial charge >= 0.3 is 0 Å². The van der Waals surface area contributed by atoms with Gasteiger partial charge in [-0.2, -0.15) is 5.10 Å². The molecule has 1 N–H and O–H groups in total. The summed E-state index contributed by atoms with van der Waals surface area (Å²) < 4.78 is 7.35. The molecule has 0 aliphatic rings. The van der Waals surface area contributed by atoms with Gasteiger partial charge in [0.1, 0.15) is 5.75 Å². The van der Waals surface area contributed by atoms with Crippen LogP contribution >= 0.6 is 11.8 Å². The topological polar surface area (TPSA) is 39.1 Å². The summed E-state index contributed by atoms with van der Waals surface area (Å²) in [5, 5.41) is 7.76. The number of hydrogen-bond acceptors (Lipinski definition) is 4. The summed E-state index contributed by atoms with van der Waals surface area (Å²) >= 11 is 1.81. The zero-order valence-electron chi connectivity index (χ0n) is 13.1. The van der Waals surface area contributed by atoms with Crippen LogP contribution in [0.25, 0.3) is 0 Å². The van der Waals surface area contributed by atoms with Crippen molar-refractivity contribution < 1.29 is 4.74 Å². The first kappa shape index (κ1) is 15.9. The van der Waals surface area contributed by atoms with Crippen molar-refractivity contribution in [1.82, 2.24) is 15.1 Å². The number of ether oxygens (including phenoxy) is 1. The molecule has 5 heteroatoms.